The predicted molar refractivity (Wildman–Crippen MR) is 135 cm³/mol. The maximum atomic E-state index is 13.5. The van der Waals surface area contributed by atoms with E-state index in [2.05, 4.69) is 10.2 Å². The summed E-state index contributed by atoms with van der Waals surface area (Å²) in [6, 6.07) is 8.04. The molecule has 2 bridgehead atoms. The van der Waals surface area contributed by atoms with Gasteiger partial charge in [-0.2, -0.15) is 0 Å². The quantitative estimate of drug-likeness (QED) is 0.471. The number of aliphatic hydroxyl groups is 2. The number of nitrogens with one attached hydrogen (secondary N) is 1. The average molecular weight is 529 g/mol. The number of piperidine rings is 1. The lowest BCUT2D eigenvalue weighted by Gasteiger charge is -2.62. The minimum Gasteiger partial charge on any atom is -0.508 e. The fourth-order valence-corrected chi connectivity index (χ4v) is 7.45. The van der Waals surface area contributed by atoms with Gasteiger partial charge in [0.1, 0.15) is 5.76 Å². The number of phenols is 1. The van der Waals surface area contributed by atoms with Crippen molar-refractivity contribution in [1.29, 1.82) is 0 Å². The van der Waals surface area contributed by atoms with Gasteiger partial charge in [-0.1, -0.05) is 29.3 Å². The normalized spacial score (nSPS) is 32.2. The van der Waals surface area contributed by atoms with Crippen LogP contribution in [-0.2, 0) is 16.6 Å². The van der Waals surface area contributed by atoms with E-state index in [9.17, 15) is 20.1 Å². The molecular formula is C27H26Cl2N2O5. The van der Waals surface area contributed by atoms with Gasteiger partial charge in [0.25, 0.3) is 5.91 Å². The lowest BCUT2D eigenvalue weighted by atomic mass is 9.49. The smallest absolute Gasteiger partial charge is 0.255 e. The molecule has 0 radical (unpaired) electrons. The third-order valence-electron chi connectivity index (χ3n) is 8.97. The minimum absolute atomic E-state index is 0.0201. The van der Waals surface area contributed by atoms with E-state index in [0.29, 0.717) is 40.2 Å². The van der Waals surface area contributed by atoms with Crippen molar-refractivity contribution in [2.45, 2.75) is 55.3 Å². The van der Waals surface area contributed by atoms with Crippen LogP contribution in [0.1, 0.15) is 36.8 Å². The van der Waals surface area contributed by atoms with Crippen LogP contribution in [0.3, 0.4) is 0 Å². The molecule has 36 heavy (non-hydrogen) atoms. The highest BCUT2D eigenvalue weighted by molar-refractivity contribution is 6.42. The topological polar surface area (TPSA) is 102 Å². The van der Waals surface area contributed by atoms with Crippen LogP contribution in [0, 0.1) is 5.92 Å². The summed E-state index contributed by atoms with van der Waals surface area (Å²) in [5.41, 5.74) is 0.0317. The van der Waals surface area contributed by atoms with E-state index in [1.165, 1.54) is 18.9 Å². The first kappa shape index (κ1) is 22.7. The molecule has 2 fully saturated rings. The summed E-state index contributed by atoms with van der Waals surface area (Å²) in [6.45, 7) is 1.67. The molecule has 2 aromatic rings. The van der Waals surface area contributed by atoms with Crippen molar-refractivity contribution in [2.24, 2.45) is 5.92 Å². The SMILES string of the molecule is O=C(Nc1ccc(Cl)c(Cl)c1)C1=C(O)[C@@H]2Oc3c(O)ccc4c3[C@@]23CCN(CC2CC2)[C@H](C4)[C@]3(O)C1. The number of hydrogen-bond donors (Lipinski definition) is 4. The van der Waals surface area contributed by atoms with Gasteiger partial charge in [-0.15, -0.1) is 0 Å². The lowest BCUT2D eigenvalue weighted by molar-refractivity contribution is -0.172. The zero-order valence-corrected chi connectivity index (χ0v) is 20.9. The van der Waals surface area contributed by atoms with Gasteiger partial charge >= 0.3 is 0 Å². The van der Waals surface area contributed by atoms with Gasteiger partial charge < -0.3 is 25.4 Å². The van der Waals surface area contributed by atoms with Crippen molar-refractivity contribution in [3.8, 4) is 11.5 Å². The number of carbonyl (C=O) groups is 1. The number of phenolic OH excluding ortho intramolecular Hbond substituents is 1. The van der Waals surface area contributed by atoms with E-state index in [-0.39, 0.29) is 29.5 Å². The predicted octanol–water partition coefficient (Wildman–Crippen LogP) is 4.32. The number of anilines is 1. The van der Waals surface area contributed by atoms with Crippen molar-refractivity contribution in [3.63, 3.8) is 0 Å². The van der Waals surface area contributed by atoms with Gasteiger partial charge in [0, 0.05) is 30.3 Å². The summed E-state index contributed by atoms with van der Waals surface area (Å²) in [4.78, 5) is 15.8. The lowest BCUT2D eigenvalue weighted by Crippen LogP contribution is -2.75. The van der Waals surface area contributed by atoms with Crippen molar-refractivity contribution in [1.82, 2.24) is 4.90 Å². The van der Waals surface area contributed by atoms with Crippen molar-refractivity contribution in [3.05, 3.63) is 62.8 Å². The zero-order valence-electron chi connectivity index (χ0n) is 19.4. The largest absolute Gasteiger partial charge is 0.508 e. The highest BCUT2D eigenvalue weighted by Crippen LogP contribution is 2.66. The molecule has 1 saturated heterocycles. The van der Waals surface area contributed by atoms with E-state index in [0.717, 1.165) is 24.2 Å². The maximum Gasteiger partial charge on any atom is 0.255 e. The summed E-state index contributed by atoms with van der Waals surface area (Å²) in [7, 11) is 0. The van der Waals surface area contributed by atoms with Gasteiger partial charge in [-0.05, 0) is 68.0 Å². The molecule has 2 heterocycles. The van der Waals surface area contributed by atoms with Crippen molar-refractivity contribution in [2.75, 3.05) is 18.4 Å². The number of aromatic hydroxyl groups is 1. The molecule has 2 aromatic carbocycles. The number of nitrogens with zero attached hydrogens (tertiary/aromatic N) is 1. The molecule has 4 N–H and O–H groups in total. The summed E-state index contributed by atoms with van der Waals surface area (Å²) < 4.78 is 6.23. The van der Waals surface area contributed by atoms with Crippen LogP contribution >= 0.6 is 23.2 Å². The molecule has 188 valence electrons. The Morgan fingerprint density at radius 2 is 1.97 bits per heavy atom. The molecule has 4 atom stereocenters. The first-order valence-corrected chi connectivity index (χ1v) is 13.2. The second-order valence-electron chi connectivity index (χ2n) is 10.9. The molecule has 3 aliphatic carbocycles. The number of hydrogen-bond acceptors (Lipinski definition) is 6. The first-order valence-electron chi connectivity index (χ1n) is 12.4. The van der Waals surface area contributed by atoms with Crippen LogP contribution in [0.2, 0.25) is 10.0 Å². The third-order valence-corrected chi connectivity index (χ3v) is 9.71. The number of rotatable bonds is 4. The average Bonchev–Trinajstić information content (AvgIpc) is 3.58. The maximum absolute atomic E-state index is 13.5. The van der Waals surface area contributed by atoms with Gasteiger partial charge in [0.15, 0.2) is 17.6 Å². The van der Waals surface area contributed by atoms with Crippen LogP contribution < -0.4 is 10.1 Å². The minimum atomic E-state index is -1.35. The summed E-state index contributed by atoms with van der Waals surface area (Å²) in [5.74, 6) is 0.196. The van der Waals surface area contributed by atoms with Gasteiger partial charge in [-0.25, -0.2) is 0 Å². The Kier molecular flexibility index (Phi) is 4.76. The van der Waals surface area contributed by atoms with E-state index >= 15 is 0 Å². The summed E-state index contributed by atoms with van der Waals surface area (Å²) in [5, 5.41) is 38.2. The molecule has 1 spiro atoms. The Balaban J connectivity index is 1.34. The van der Waals surface area contributed by atoms with Gasteiger partial charge in [0.2, 0.25) is 0 Å². The van der Waals surface area contributed by atoms with E-state index < -0.39 is 23.0 Å². The fourth-order valence-electron chi connectivity index (χ4n) is 7.15. The van der Waals surface area contributed by atoms with Crippen LogP contribution in [0.4, 0.5) is 5.69 Å². The van der Waals surface area contributed by atoms with Gasteiger partial charge in [0.05, 0.1) is 26.6 Å². The molecule has 9 heteroatoms. The van der Waals surface area contributed by atoms with E-state index in [4.69, 9.17) is 27.9 Å². The molecular weight excluding hydrogens is 503 g/mol. The molecule has 7 rings (SSSR count). The summed E-state index contributed by atoms with van der Waals surface area (Å²) in [6.07, 6.45) is 2.57. The second kappa shape index (κ2) is 7.54. The second-order valence-corrected chi connectivity index (χ2v) is 11.7. The molecule has 0 aromatic heterocycles. The highest BCUT2D eigenvalue weighted by Gasteiger charge is 2.73. The Bertz CT molecular complexity index is 1360. The number of ether oxygens (including phenoxy) is 1. The Morgan fingerprint density at radius 3 is 2.72 bits per heavy atom. The molecule has 1 amide bonds. The Morgan fingerprint density at radius 1 is 1.17 bits per heavy atom. The number of halogens is 2. The van der Waals surface area contributed by atoms with Crippen LogP contribution in [0.25, 0.3) is 0 Å². The number of carbonyl (C=O) groups excluding carboxylic acids is 1. The van der Waals surface area contributed by atoms with Crippen LogP contribution in [0.15, 0.2) is 41.7 Å². The van der Waals surface area contributed by atoms with Crippen molar-refractivity contribution < 1.29 is 24.9 Å². The Hall–Kier alpha value is -2.45. The fraction of sp³-hybridized carbons (Fsp3) is 0.444. The van der Waals surface area contributed by atoms with Crippen LogP contribution in [0.5, 0.6) is 11.5 Å². The van der Waals surface area contributed by atoms with Crippen LogP contribution in [-0.4, -0.2) is 57.0 Å². The number of aliphatic hydroxyl groups excluding tert-OH is 1. The summed E-state index contributed by atoms with van der Waals surface area (Å²) >= 11 is 12.1. The number of likely N-dealkylation sites (tertiary alicyclic amines) is 1. The monoisotopic (exact) mass is 528 g/mol. The van der Waals surface area contributed by atoms with Gasteiger partial charge in [-0.3, -0.25) is 9.69 Å². The molecule has 2 aliphatic heterocycles. The Labute approximate surface area is 218 Å². The van der Waals surface area contributed by atoms with E-state index in [1.54, 1.807) is 18.2 Å². The van der Waals surface area contributed by atoms with E-state index in [1.807, 2.05) is 6.07 Å². The standard InChI is InChI=1S/C27H26Cl2N2O5/c28-17-5-4-15(10-18(17)29)30-25(34)16-11-27(35)20-9-14-3-6-19(32)23-21(14)26(27,24(36-23)22(16)33)7-8-31(20)12-13-1-2-13/h3-6,10,13,20,24,32-33,35H,1-2,7-9,11-12H2,(H,30,34)/t20-,24+,26+,27-/m1/s1. The zero-order chi connectivity index (χ0) is 25.0. The molecule has 1 saturated carbocycles. The first-order chi connectivity index (χ1) is 17.2. The molecule has 7 nitrogen and oxygen atoms in total. The number of benzene rings is 2. The van der Waals surface area contributed by atoms with Crippen molar-refractivity contribution >= 4 is 34.8 Å². The number of amides is 1. The third kappa shape index (κ3) is 2.91. The highest BCUT2D eigenvalue weighted by atomic mass is 35.5. The molecule has 5 aliphatic rings. The molecule has 0 unspecified atom stereocenters.